The highest BCUT2D eigenvalue weighted by atomic mass is 16.5. The molecule has 100 valence electrons. The van der Waals surface area contributed by atoms with Crippen molar-refractivity contribution in [2.24, 2.45) is 0 Å². The van der Waals surface area contributed by atoms with Crippen LogP contribution in [0.2, 0.25) is 0 Å². The van der Waals surface area contributed by atoms with Gasteiger partial charge in [0.25, 0.3) is 0 Å². The molecule has 0 fully saturated rings. The molecule has 1 rings (SSSR count). The van der Waals surface area contributed by atoms with Crippen LogP contribution in [0.4, 0.5) is 0 Å². The maximum absolute atomic E-state index is 11.6. The van der Waals surface area contributed by atoms with E-state index in [9.17, 15) is 15.0 Å². The normalized spacial score (nSPS) is 12.2. The summed E-state index contributed by atoms with van der Waals surface area (Å²) in [6.07, 6.45) is 1.26. The number of aliphatic hydroxyl groups excluding tert-OH is 1. The Kier molecular flexibility index (Phi) is 5.65. The smallest absolute Gasteiger partial charge is 0.160 e. The van der Waals surface area contributed by atoms with Crippen LogP contribution in [0.15, 0.2) is 18.2 Å². The first kappa shape index (κ1) is 14.5. The molecule has 0 spiro atoms. The van der Waals surface area contributed by atoms with Crippen LogP contribution < -0.4 is 4.74 Å². The number of rotatable bonds is 7. The summed E-state index contributed by atoms with van der Waals surface area (Å²) in [5.41, 5.74) is 0.934. The molecule has 1 aromatic carbocycles. The molecular formula is C14H20O4. The number of aliphatic hydroxyl groups is 1. The summed E-state index contributed by atoms with van der Waals surface area (Å²) in [5.74, 6) is 0.555. The Bertz CT molecular complexity index is 401. The van der Waals surface area contributed by atoms with Gasteiger partial charge in [0.2, 0.25) is 0 Å². The van der Waals surface area contributed by atoms with E-state index in [1.165, 1.54) is 7.11 Å². The van der Waals surface area contributed by atoms with E-state index in [2.05, 4.69) is 0 Å². The minimum Gasteiger partial charge on any atom is -0.504 e. The van der Waals surface area contributed by atoms with Crippen LogP contribution in [-0.2, 0) is 11.2 Å². The fourth-order valence-corrected chi connectivity index (χ4v) is 1.67. The zero-order chi connectivity index (χ0) is 13.5. The van der Waals surface area contributed by atoms with Crippen LogP contribution in [0.1, 0.15) is 31.7 Å². The van der Waals surface area contributed by atoms with Crippen molar-refractivity contribution in [1.29, 1.82) is 0 Å². The molecule has 18 heavy (non-hydrogen) atoms. The highest BCUT2D eigenvalue weighted by Crippen LogP contribution is 2.26. The fourth-order valence-electron chi connectivity index (χ4n) is 1.67. The van der Waals surface area contributed by atoms with Gasteiger partial charge in [-0.05, 0) is 30.5 Å². The number of aromatic hydroxyl groups is 1. The fraction of sp³-hybridized carbons (Fsp3) is 0.500. The number of phenolic OH excluding ortho intramolecular Hbond substituents is 1. The number of carbonyl (C=O) groups is 1. The zero-order valence-corrected chi connectivity index (χ0v) is 10.8. The van der Waals surface area contributed by atoms with Crippen molar-refractivity contribution in [3.63, 3.8) is 0 Å². The molecule has 0 aromatic heterocycles. The lowest BCUT2D eigenvalue weighted by atomic mass is 10.0. The van der Waals surface area contributed by atoms with Crippen molar-refractivity contribution in [3.05, 3.63) is 23.8 Å². The Hall–Kier alpha value is -1.55. The highest BCUT2D eigenvalue weighted by Gasteiger charge is 2.10. The van der Waals surface area contributed by atoms with E-state index < -0.39 is 6.10 Å². The molecule has 0 aliphatic heterocycles. The summed E-state index contributed by atoms with van der Waals surface area (Å²) >= 11 is 0. The summed E-state index contributed by atoms with van der Waals surface area (Å²) in [7, 11) is 1.49. The number of hydrogen-bond acceptors (Lipinski definition) is 4. The van der Waals surface area contributed by atoms with Crippen molar-refractivity contribution in [3.8, 4) is 11.5 Å². The number of aryl methyl sites for hydroxylation is 1. The summed E-state index contributed by atoms with van der Waals surface area (Å²) < 4.78 is 5.00. The Morgan fingerprint density at radius 3 is 2.78 bits per heavy atom. The van der Waals surface area contributed by atoms with Crippen molar-refractivity contribution < 1.29 is 19.7 Å². The molecule has 0 aliphatic rings. The molecule has 4 heteroatoms. The molecule has 1 unspecified atom stereocenters. The van der Waals surface area contributed by atoms with Gasteiger partial charge in [0.05, 0.1) is 13.2 Å². The lowest BCUT2D eigenvalue weighted by Crippen LogP contribution is -2.12. The van der Waals surface area contributed by atoms with Gasteiger partial charge in [-0.2, -0.15) is 0 Å². The molecule has 0 saturated heterocycles. The second-order valence-electron chi connectivity index (χ2n) is 4.31. The van der Waals surface area contributed by atoms with Gasteiger partial charge in [-0.1, -0.05) is 13.0 Å². The van der Waals surface area contributed by atoms with Crippen molar-refractivity contribution in [2.45, 2.75) is 38.7 Å². The number of benzene rings is 1. The molecule has 1 atom stereocenters. The second-order valence-corrected chi connectivity index (χ2v) is 4.31. The lowest BCUT2D eigenvalue weighted by molar-refractivity contribution is -0.120. The minimum atomic E-state index is -0.535. The number of ether oxygens (including phenoxy) is 1. The Morgan fingerprint density at radius 2 is 2.17 bits per heavy atom. The third kappa shape index (κ3) is 4.37. The topological polar surface area (TPSA) is 66.8 Å². The number of phenols is 1. The van der Waals surface area contributed by atoms with Gasteiger partial charge in [0.15, 0.2) is 11.5 Å². The van der Waals surface area contributed by atoms with Crippen LogP contribution in [0, 0.1) is 0 Å². The van der Waals surface area contributed by atoms with Crippen molar-refractivity contribution >= 4 is 5.78 Å². The standard InChI is InChI=1S/C14H20O4/c1-3-11(15)9-12(16)6-4-10-5-7-13(17)14(8-10)18-2/h5,7-8,11,15,17H,3-4,6,9H2,1-2H3. The number of hydrogen-bond donors (Lipinski definition) is 2. The largest absolute Gasteiger partial charge is 0.504 e. The Labute approximate surface area is 107 Å². The zero-order valence-electron chi connectivity index (χ0n) is 10.8. The first-order valence-electron chi connectivity index (χ1n) is 6.12. The molecule has 0 amide bonds. The molecule has 0 aliphatic carbocycles. The summed E-state index contributed by atoms with van der Waals surface area (Å²) in [6.45, 7) is 1.85. The van der Waals surface area contributed by atoms with Gasteiger partial charge in [-0.25, -0.2) is 0 Å². The third-order valence-electron chi connectivity index (χ3n) is 2.87. The van der Waals surface area contributed by atoms with E-state index in [-0.39, 0.29) is 18.0 Å². The summed E-state index contributed by atoms with van der Waals surface area (Å²) in [6, 6.07) is 5.04. The number of carbonyl (C=O) groups excluding carboxylic acids is 1. The van der Waals surface area contributed by atoms with Gasteiger partial charge in [-0.15, -0.1) is 0 Å². The van der Waals surface area contributed by atoms with Crippen LogP contribution >= 0.6 is 0 Å². The van der Waals surface area contributed by atoms with E-state index >= 15 is 0 Å². The number of methoxy groups -OCH3 is 1. The monoisotopic (exact) mass is 252 g/mol. The number of Topliss-reactive ketones (excluding diaryl/α,β-unsaturated/α-hetero) is 1. The first-order valence-corrected chi connectivity index (χ1v) is 6.12. The average molecular weight is 252 g/mol. The van der Waals surface area contributed by atoms with Gasteiger partial charge in [-0.3, -0.25) is 4.79 Å². The summed E-state index contributed by atoms with van der Waals surface area (Å²) in [4.78, 5) is 11.6. The van der Waals surface area contributed by atoms with Gasteiger partial charge in [0.1, 0.15) is 5.78 Å². The van der Waals surface area contributed by atoms with Gasteiger partial charge in [0, 0.05) is 12.8 Å². The van der Waals surface area contributed by atoms with Crippen LogP contribution in [-0.4, -0.2) is 29.2 Å². The Balaban J connectivity index is 2.51. The first-order chi connectivity index (χ1) is 8.56. The molecule has 0 saturated carbocycles. The quantitative estimate of drug-likeness (QED) is 0.779. The van der Waals surface area contributed by atoms with Gasteiger partial charge >= 0.3 is 0 Å². The average Bonchev–Trinajstić information content (AvgIpc) is 2.37. The molecule has 0 radical (unpaired) electrons. The molecule has 0 heterocycles. The van der Waals surface area contributed by atoms with Crippen molar-refractivity contribution in [2.75, 3.05) is 7.11 Å². The predicted molar refractivity (Wildman–Crippen MR) is 68.9 cm³/mol. The predicted octanol–water partition coefficient (Wildman–Crippen LogP) is 2.06. The third-order valence-corrected chi connectivity index (χ3v) is 2.87. The molecule has 4 nitrogen and oxygen atoms in total. The van der Waals surface area contributed by atoms with E-state index in [0.717, 1.165) is 5.56 Å². The van der Waals surface area contributed by atoms with Crippen LogP contribution in [0.5, 0.6) is 11.5 Å². The Morgan fingerprint density at radius 1 is 1.44 bits per heavy atom. The van der Waals surface area contributed by atoms with Crippen molar-refractivity contribution in [1.82, 2.24) is 0 Å². The van der Waals surface area contributed by atoms with Crippen LogP contribution in [0.25, 0.3) is 0 Å². The van der Waals surface area contributed by atoms with E-state index in [1.54, 1.807) is 18.2 Å². The van der Waals surface area contributed by atoms with E-state index in [4.69, 9.17) is 4.74 Å². The lowest BCUT2D eigenvalue weighted by Gasteiger charge is -2.08. The highest BCUT2D eigenvalue weighted by molar-refractivity contribution is 5.79. The molecular weight excluding hydrogens is 232 g/mol. The maximum atomic E-state index is 11.6. The van der Waals surface area contributed by atoms with Crippen LogP contribution in [0.3, 0.4) is 0 Å². The van der Waals surface area contributed by atoms with Gasteiger partial charge < -0.3 is 14.9 Å². The molecule has 0 bridgehead atoms. The minimum absolute atomic E-state index is 0.0522. The van der Waals surface area contributed by atoms with E-state index in [0.29, 0.717) is 25.0 Å². The maximum Gasteiger partial charge on any atom is 0.160 e. The second kappa shape index (κ2) is 7.01. The van der Waals surface area contributed by atoms with E-state index in [1.807, 2.05) is 6.92 Å². The summed E-state index contributed by atoms with van der Waals surface area (Å²) in [5, 5.41) is 18.8. The number of ketones is 1. The molecule has 2 N–H and O–H groups in total. The SMILES string of the molecule is CCC(O)CC(=O)CCc1ccc(O)c(OC)c1. The molecule has 1 aromatic rings.